The average Bonchev–Trinajstić information content (AvgIpc) is 2.56. The molecule has 1 atom stereocenters. The molecule has 0 saturated heterocycles. The van der Waals surface area contributed by atoms with E-state index < -0.39 is 23.7 Å². The van der Waals surface area contributed by atoms with Crippen LogP contribution in [0.4, 0.5) is 4.79 Å². The number of amides is 1. The Morgan fingerprint density at radius 3 is 2.36 bits per heavy atom. The van der Waals surface area contributed by atoms with E-state index in [1.807, 2.05) is 0 Å². The van der Waals surface area contributed by atoms with E-state index >= 15 is 0 Å². The number of ether oxygens (including phenoxy) is 3. The average molecular weight is 351 g/mol. The summed E-state index contributed by atoms with van der Waals surface area (Å²) in [4.78, 5) is 36.7. The number of benzene rings is 1. The number of nitrogens with zero attached hydrogens (tertiary/aromatic N) is 1. The Bertz CT molecular complexity index is 635. The van der Waals surface area contributed by atoms with Crippen LogP contribution in [0.15, 0.2) is 18.2 Å². The van der Waals surface area contributed by atoms with Crippen molar-refractivity contribution in [3.8, 4) is 5.75 Å². The predicted molar refractivity (Wildman–Crippen MR) is 91.9 cm³/mol. The molecule has 0 spiro atoms. The first-order valence-corrected chi connectivity index (χ1v) is 7.78. The van der Waals surface area contributed by atoms with Crippen LogP contribution >= 0.6 is 0 Å². The molecule has 0 bridgehead atoms. The highest BCUT2D eigenvalue weighted by Crippen LogP contribution is 2.23. The van der Waals surface area contributed by atoms with Crippen molar-refractivity contribution in [1.29, 1.82) is 0 Å². The SMILES string of the molecule is COC(=O)[C@H](Cc1cc(C=O)ccc1OC)N(C)C(=O)OC(C)(C)C. The third-order valence-electron chi connectivity index (χ3n) is 3.48. The molecule has 1 rings (SSSR count). The van der Waals surface area contributed by atoms with Gasteiger partial charge in [0.05, 0.1) is 14.2 Å². The summed E-state index contributed by atoms with van der Waals surface area (Å²) in [6.45, 7) is 5.22. The lowest BCUT2D eigenvalue weighted by atomic mass is 10.0. The van der Waals surface area contributed by atoms with Gasteiger partial charge in [-0.3, -0.25) is 9.69 Å². The molecule has 0 heterocycles. The fourth-order valence-electron chi connectivity index (χ4n) is 2.22. The smallest absolute Gasteiger partial charge is 0.410 e. The molecule has 1 aromatic rings. The van der Waals surface area contributed by atoms with E-state index in [1.54, 1.807) is 39.0 Å². The van der Waals surface area contributed by atoms with Gasteiger partial charge in [0.1, 0.15) is 23.7 Å². The fourth-order valence-corrected chi connectivity index (χ4v) is 2.22. The van der Waals surface area contributed by atoms with Gasteiger partial charge >= 0.3 is 12.1 Å². The van der Waals surface area contributed by atoms with Crippen molar-refractivity contribution in [3.63, 3.8) is 0 Å². The lowest BCUT2D eigenvalue weighted by Crippen LogP contribution is -2.46. The molecule has 0 unspecified atom stereocenters. The maximum Gasteiger partial charge on any atom is 0.410 e. The topological polar surface area (TPSA) is 82.1 Å². The Balaban J connectivity index is 3.14. The van der Waals surface area contributed by atoms with E-state index in [-0.39, 0.29) is 6.42 Å². The second-order valence-electron chi connectivity index (χ2n) is 6.52. The number of methoxy groups -OCH3 is 2. The second kappa shape index (κ2) is 8.50. The standard InChI is InChI=1S/C18H25NO6/c1-18(2,3)25-17(22)19(4)14(16(21)24-6)10-13-9-12(11-20)7-8-15(13)23-5/h7-9,11,14H,10H2,1-6H3/t14-/m0/s1. The van der Waals surface area contributed by atoms with Crippen LogP contribution in [0, 0.1) is 0 Å². The summed E-state index contributed by atoms with van der Waals surface area (Å²) in [5.41, 5.74) is 0.360. The molecule has 0 radical (unpaired) electrons. The number of likely N-dealkylation sites (N-methyl/N-ethyl adjacent to an activating group) is 1. The van der Waals surface area contributed by atoms with Crippen LogP contribution < -0.4 is 4.74 Å². The second-order valence-corrected chi connectivity index (χ2v) is 6.52. The Morgan fingerprint density at radius 1 is 1.24 bits per heavy atom. The maximum absolute atomic E-state index is 12.3. The normalized spacial score (nSPS) is 12.1. The molecule has 1 amide bonds. The zero-order chi connectivity index (χ0) is 19.2. The van der Waals surface area contributed by atoms with Gasteiger partial charge in [-0.25, -0.2) is 9.59 Å². The lowest BCUT2D eigenvalue weighted by Gasteiger charge is -2.29. The minimum atomic E-state index is -0.921. The van der Waals surface area contributed by atoms with Crippen LogP contribution in [0.5, 0.6) is 5.75 Å². The van der Waals surface area contributed by atoms with Crippen LogP contribution in [0.25, 0.3) is 0 Å². The van der Waals surface area contributed by atoms with Crippen molar-refractivity contribution in [2.45, 2.75) is 38.8 Å². The summed E-state index contributed by atoms with van der Waals surface area (Å²) >= 11 is 0. The van der Waals surface area contributed by atoms with E-state index in [4.69, 9.17) is 14.2 Å². The van der Waals surface area contributed by atoms with Crippen molar-refractivity contribution >= 4 is 18.3 Å². The first-order chi connectivity index (χ1) is 11.6. The Kier molecular flexibility index (Phi) is 6.97. The molecule has 7 nitrogen and oxygen atoms in total. The molecule has 0 saturated carbocycles. The van der Waals surface area contributed by atoms with Crippen molar-refractivity contribution < 1.29 is 28.6 Å². The highest BCUT2D eigenvalue weighted by molar-refractivity contribution is 5.82. The first kappa shape index (κ1) is 20.5. The van der Waals surface area contributed by atoms with Gasteiger partial charge < -0.3 is 14.2 Å². The summed E-state index contributed by atoms with van der Waals surface area (Å²) in [7, 11) is 4.20. The minimum Gasteiger partial charge on any atom is -0.496 e. The molecule has 0 fully saturated rings. The number of carbonyl (C=O) groups is 3. The molecule has 25 heavy (non-hydrogen) atoms. The van der Waals surface area contributed by atoms with Crippen LogP contribution in [0.3, 0.4) is 0 Å². The third-order valence-corrected chi connectivity index (χ3v) is 3.48. The number of aldehydes is 1. The van der Waals surface area contributed by atoms with Crippen LogP contribution in [-0.4, -0.2) is 56.2 Å². The van der Waals surface area contributed by atoms with E-state index in [9.17, 15) is 14.4 Å². The van der Waals surface area contributed by atoms with Gasteiger partial charge in [0.15, 0.2) is 0 Å². The van der Waals surface area contributed by atoms with Gasteiger partial charge in [0, 0.05) is 19.0 Å². The van der Waals surface area contributed by atoms with Crippen molar-refractivity contribution in [3.05, 3.63) is 29.3 Å². The monoisotopic (exact) mass is 351 g/mol. The molecule has 0 aromatic heterocycles. The third kappa shape index (κ3) is 5.77. The van der Waals surface area contributed by atoms with E-state index in [0.717, 1.165) is 0 Å². The molecule has 0 aliphatic rings. The number of rotatable bonds is 6. The van der Waals surface area contributed by atoms with Gasteiger partial charge in [-0.05, 0) is 44.5 Å². The van der Waals surface area contributed by atoms with Crippen LogP contribution in [0.2, 0.25) is 0 Å². The predicted octanol–water partition coefficient (Wildman–Crippen LogP) is 2.46. The summed E-state index contributed by atoms with van der Waals surface area (Å²) < 4.78 is 15.4. The molecule has 0 aliphatic heterocycles. The Morgan fingerprint density at radius 2 is 1.88 bits per heavy atom. The molecular formula is C18H25NO6. The highest BCUT2D eigenvalue weighted by Gasteiger charge is 2.32. The summed E-state index contributed by atoms with van der Waals surface area (Å²) in [5, 5.41) is 0. The van der Waals surface area contributed by atoms with Crippen molar-refractivity contribution in [2.24, 2.45) is 0 Å². The quantitative estimate of drug-likeness (QED) is 0.578. The Labute approximate surface area is 147 Å². The minimum absolute atomic E-state index is 0.118. The van der Waals surface area contributed by atoms with Crippen molar-refractivity contribution in [1.82, 2.24) is 4.90 Å². The van der Waals surface area contributed by atoms with Crippen LogP contribution in [0.1, 0.15) is 36.7 Å². The van der Waals surface area contributed by atoms with E-state index in [0.29, 0.717) is 23.2 Å². The van der Waals surface area contributed by atoms with Gasteiger partial charge in [-0.15, -0.1) is 0 Å². The van der Waals surface area contributed by atoms with Gasteiger partial charge in [0.25, 0.3) is 0 Å². The van der Waals surface area contributed by atoms with Crippen molar-refractivity contribution in [2.75, 3.05) is 21.3 Å². The molecule has 1 aromatic carbocycles. The molecule has 0 aliphatic carbocycles. The summed E-state index contributed by atoms with van der Waals surface area (Å²) in [6, 6.07) is 3.95. The number of hydrogen-bond acceptors (Lipinski definition) is 6. The van der Waals surface area contributed by atoms with Gasteiger partial charge in [-0.2, -0.15) is 0 Å². The fraction of sp³-hybridized carbons (Fsp3) is 0.500. The zero-order valence-corrected chi connectivity index (χ0v) is 15.5. The first-order valence-electron chi connectivity index (χ1n) is 7.78. The van der Waals surface area contributed by atoms with E-state index in [2.05, 4.69) is 0 Å². The lowest BCUT2D eigenvalue weighted by molar-refractivity contribution is -0.146. The number of esters is 1. The molecular weight excluding hydrogens is 326 g/mol. The van der Waals surface area contributed by atoms with Gasteiger partial charge in [-0.1, -0.05) is 0 Å². The maximum atomic E-state index is 12.3. The largest absolute Gasteiger partial charge is 0.496 e. The van der Waals surface area contributed by atoms with E-state index in [1.165, 1.54) is 26.2 Å². The summed E-state index contributed by atoms with van der Waals surface area (Å²) in [5.74, 6) is -0.0796. The Hall–Kier alpha value is -2.57. The molecule has 138 valence electrons. The summed E-state index contributed by atoms with van der Waals surface area (Å²) in [6.07, 6.45) is 0.175. The highest BCUT2D eigenvalue weighted by atomic mass is 16.6. The number of carbonyl (C=O) groups excluding carboxylic acids is 3. The number of hydrogen-bond donors (Lipinski definition) is 0. The van der Waals surface area contributed by atoms with Gasteiger partial charge in [0.2, 0.25) is 0 Å². The molecule has 7 heteroatoms. The molecule has 0 N–H and O–H groups in total. The zero-order valence-electron chi connectivity index (χ0n) is 15.5. The van der Waals surface area contributed by atoms with Crippen LogP contribution in [-0.2, 0) is 20.7 Å².